The number of rotatable bonds is 2. The standard InChI is InChI=1S/C10H11Cl2N3O2/c1-2-14-10(17)15(9(13)16)6-3-4-7(11)8(12)5-6/h3-5H,2H2,1H3,(H2,13,16)(H,14,17). The van der Waals surface area contributed by atoms with Crippen LogP contribution >= 0.6 is 23.2 Å². The molecule has 0 aromatic heterocycles. The third kappa shape index (κ3) is 3.25. The Morgan fingerprint density at radius 2 is 2.00 bits per heavy atom. The highest BCUT2D eigenvalue weighted by molar-refractivity contribution is 6.42. The summed E-state index contributed by atoms with van der Waals surface area (Å²) in [4.78, 5) is 23.6. The number of anilines is 1. The van der Waals surface area contributed by atoms with Gasteiger partial charge in [0.15, 0.2) is 0 Å². The molecule has 1 aromatic carbocycles. The zero-order valence-corrected chi connectivity index (χ0v) is 10.5. The number of imide groups is 1. The Hall–Kier alpha value is -1.46. The van der Waals surface area contributed by atoms with Gasteiger partial charge in [-0.15, -0.1) is 0 Å². The van der Waals surface area contributed by atoms with E-state index in [0.717, 1.165) is 4.90 Å². The second-order valence-corrected chi connectivity index (χ2v) is 3.92. The van der Waals surface area contributed by atoms with Crippen molar-refractivity contribution >= 4 is 41.0 Å². The first kappa shape index (κ1) is 13.6. The van der Waals surface area contributed by atoms with Crippen molar-refractivity contribution in [1.29, 1.82) is 0 Å². The SMILES string of the molecule is CCNC(=O)N(C(N)=O)c1ccc(Cl)c(Cl)c1. The predicted molar refractivity (Wildman–Crippen MR) is 67.6 cm³/mol. The summed E-state index contributed by atoms with van der Waals surface area (Å²) in [6.07, 6.45) is 0. The van der Waals surface area contributed by atoms with Gasteiger partial charge in [-0.1, -0.05) is 23.2 Å². The second kappa shape index (κ2) is 5.75. The van der Waals surface area contributed by atoms with Crippen molar-refractivity contribution in [3.8, 4) is 0 Å². The lowest BCUT2D eigenvalue weighted by molar-refractivity contribution is 0.238. The lowest BCUT2D eigenvalue weighted by Crippen LogP contribution is -2.46. The van der Waals surface area contributed by atoms with Gasteiger partial charge in [-0.3, -0.25) is 0 Å². The maximum atomic E-state index is 11.6. The largest absolute Gasteiger partial charge is 0.351 e. The van der Waals surface area contributed by atoms with Crippen LogP contribution in [0.15, 0.2) is 18.2 Å². The minimum absolute atomic E-state index is 0.236. The van der Waals surface area contributed by atoms with E-state index in [0.29, 0.717) is 11.6 Å². The maximum absolute atomic E-state index is 11.6. The van der Waals surface area contributed by atoms with Crippen molar-refractivity contribution in [2.24, 2.45) is 5.73 Å². The summed E-state index contributed by atoms with van der Waals surface area (Å²) >= 11 is 11.5. The van der Waals surface area contributed by atoms with Crippen molar-refractivity contribution in [1.82, 2.24) is 5.32 Å². The van der Waals surface area contributed by atoms with Gasteiger partial charge in [-0.05, 0) is 25.1 Å². The van der Waals surface area contributed by atoms with E-state index in [-0.39, 0.29) is 10.7 Å². The Kier molecular flexibility index (Phi) is 4.60. The number of benzene rings is 1. The Balaban J connectivity index is 3.10. The maximum Gasteiger partial charge on any atom is 0.330 e. The number of nitrogens with two attached hydrogens (primary N) is 1. The van der Waals surface area contributed by atoms with Gasteiger partial charge in [-0.25, -0.2) is 14.5 Å². The van der Waals surface area contributed by atoms with Crippen LogP contribution in [0.4, 0.5) is 15.3 Å². The minimum atomic E-state index is -0.894. The highest BCUT2D eigenvalue weighted by atomic mass is 35.5. The van der Waals surface area contributed by atoms with Crippen LogP contribution in [0.5, 0.6) is 0 Å². The van der Waals surface area contributed by atoms with Gasteiger partial charge in [0.25, 0.3) is 0 Å². The zero-order chi connectivity index (χ0) is 13.0. The monoisotopic (exact) mass is 275 g/mol. The highest BCUT2D eigenvalue weighted by Gasteiger charge is 2.20. The van der Waals surface area contributed by atoms with Gasteiger partial charge in [0.1, 0.15) is 0 Å². The molecule has 1 aromatic rings. The van der Waals surface area contributed by atoms with Crippen molar-refractivity contribution in [3.05, 3.63) is 28.2 Å². The number of carbonyl (C=O) groups is 2. The fraction of sp³-hybridized carbons (Fsp3) is 0.200. The van der Waals surface area contributed by atoms with Crippen molar-refractivity contribution in [3.63, 3.8) is 0 Å². The van der Waals surface area contributed by atoms with Crippen molar-refractivity contribution in [2.45, 2.75) is 6.92 Å². The molecular formula is C10H11Cl2N3O2. The van der Waals surface area contributed by atoms with Crippen LogP contribution in [-0.2, 0) is 0 Å². The third-order valence-electron chi connectivity index (χ3n) is 1.91. The number of carbonyl (C=O) groups excluding carboxylic acids is 2. The zero-order valence-electron chi connectivity index (χ0n) is 9.04. The number of nitrogens with one attached hydrogen (secondary N) is 1. The van der Waals surface area contributed by atoms with E-state index in [2.05, 4.69) is 5.32 Å². The van der Waals surface area contributed by atoms with Crippen LogP contribution in [-0.4, -0.2) is 18.6 Å². The number of halogens is 2. The molecule has 0 bridgehead atoms. The summed E-state index contributed by atoms with van der Waals surface area (Å²) in [5.74, 6) is 0. The molecule has 0 heterocycles. The molecule has 0 saturated heterocycles. The normalized spacial score (nSPS) is 9.82. The van der Waals surface area contributed by atoms with Crippen LogP contribution in [0.3, 0.4) is 0 Å². The Morgan fingerprint density at radius 3 is 2.47 bits per heavy atom. The van der Waals surface area contributed by atoms with Crippen molar-refractivity contribution < 1.29 is 9.59 Å². The van der Waals surface area contributed by atoms with E-state index in [4.69, 9.17) is 28.9 Å². The highest BCUT2D eigenvalue weighted by Crippen LogP contribution is 2.27. The first-order chi connectivity index (χ1) is 7.97. The van der Waals surface area contributed by atoms with Gasteiger partial charge in [0.05, 0.1) is 15.7 Å². The molecule has 0 unspecified atom stereocenters. The molecule has 0 aliphatic rings. The molecule has 5 nitrogen and oxygen atoms in total. The fourth-order valence-corrected chi connectivity index (χ4v) is 1.49. The summed E-state index contributed by atoms with van der Waals surface area (Å²) in [5.41, 5.74) is 5.40. The average molecular weight is 276 g/mol. The molecule has 0 aliphatic carbocycles. The topological polar surface area (TPSA) is 75.4 Å². The number of hydrogen-bond donors (Lipinski definition) is 2. The second-order valence-electron chi connectivity index (χ2n) is 3.11. The minimum Gasteiger partial charge on any atom is -0.351 e. The number of primary amides is 1. The van der Waals surface area contributed by atoms with Gasteiger partial charge in [-0.2, -0.15) is 0 Å². The number of hydrogen-bond acceptors (Lipinski definition) is 2. The van der Waals surface area contributed by atoms with E-state index in [1.807, 2.05) is 0 Å². The van der Waals surface area contributed by atoms with E-state index in [1.54, 1.807) is 6.92 Å². The van der Waals surface area contributed by atoms with Gasteiger partial charge < -0.3 is 11.1 Å². The molecule has 17 heavy (non-hydrogen) atoms. The Labute approximate surface area is 108 Å². The molecule has 0 fully saturated rings. The first-order valence-corrected chi connectivity index (χ1v) is 5.55. The molecule has 4 amide bonds. The summed E-state index contributed by atoms with van der Waals surface area (Å²) in [6, 6.07) is 2.85. The Bertz CT molecular complexity index is 451. The molecule has 0 spiro atoms. The smallest absolute Gasteiger partial charge is 0.330 e. The van der Waals surface area contributed by atoms with E-state index in [1.165, 1.54) is 18.2 Å². The number of urea groups is 2. The molecule has 1 rings (SSSR count). The van der Waals surface area contributed by atoms with Crippen LogP contribution in [0.1, 0.15) is 6.92 Å². The van der Waals surface area contributed by atoms with Gasteiger partial charge >= 0.3 is 12.1 Å². The van der Waals surface area contributed by atoms with Crippen LogP contribution in [0, 0.1) is 0 Å². The van der Waals surface area contributed by atoms with E-state index in [9.17, 15) is 9.59 Å². The van der Waals surface area contributed by atoms with E-state index < -0.39 is 12.1 Å². The number of amides is 4. The van der Waals surface area contributed by atoms with Crippen LogP contribution in [0.25, 0.3) is 0 Å². The van der Waals surface area contributed by atoms with Crippen molar-refractivity contribution in [2.75, 3.05) is 11.4 Å². The van der Waals surface area contributed by atoms with Gasteiger partial charge in [0, 0.05) is 6.54 Å². The molecule has 0 radical (unpaired) electrons. The third-order valence-corrected chi connectivity index (χ3v) is 2.65. The number of nitrogens with zero attached hydrogens (tertiary/aromatic N) is 1. The lowest BCUT2D eigenvalue weighted by Gasteiger charge is -2.19. The molecule has 7 heteroatoms. The van der Waals surface area contributed by atoms with E-state index >= 15 is 0 Å². The molecule has 92 valence electrons. The van der Waals surface area contributed by atoms with Crippen LogP contribution in [0.2, 0.25) is 10.0 Å². The quantitative estimate of drug-likeness (QED) is 0.871. The lowest BCUT2D eigenvalue weighted by atomic mass is 10.3. The fourth-order valence-electron chi connectivity index (χ4n) is 1.20. The Morgan fingerprint density at radius 1 is 1.35 bits per heavy atom. The summed E-state index contributed by atoms with van der Waals surface area (Å²) in [7, 11) is 0. The average Bonchev–Trinajstić information content (AvgIpc) is 2.23. The molecule has 0 saturated carbocycles. The summed E-state index contributed by atoms with van der Waals surface area (Å²) in [5, 5.41) is 3.03. The molecule has 3 N–H and O–H groups in total. The molecular weight excluding hydrogens is 265 g/mol. The predicted octanol–water partition coefficient (Wildman–Crippen LogP) is 2.61. The summed E-state index contributed by atoms with van der Waals surface area (Å²) < 4.78 is 0. The molecule has 0 aliphatic heterocycles. The molecule has 0 atom stereocenters. The summed E-state index contributed by atoms with van der Waals surface area (Å²) in [6.45, 7) is 2.11. The van der Waals surface area contributed by atoms with Crippen LogP contribution < -0.4 is 16.0 Å². The van der Waals surface area contributed by atoms with Gasteiger partial charge in [0.2, 0.25) is 0 Å². The first-order valence-electron chi connectivity index (χ1n) is 4.79.